The van der Waals surface area contributed by atoms with E-state index < -0.39 is 36.3 Å². The molecule has 2 aliphatic rings. The Morgan fingerprint density at radius 3 is 2.52 bits per heavy atom. The van der Waals surface area contributed by atoms with Crippen molar-refractivity contribution in [1.82, 2.24) is 4.90 Å². The van der Waals surface area contributed by atoms with Crippen molar-refractivity contribution >= 4 is 41.6 Å². The molecule has 0 saturated heterocycles. The van der Waals surface area contributed by atoms with E-state index in [2.05, 4.69) is 10.3 Å². The summed E-state index contributed by atoms with van der Waals surface area (Å²) in [7, 11) is 1.49. The first-order valence-corrected chi connectivity index (χ1v) is 9.77. The molecular weight excluding hydrogens is 404 g/mol. The third-order valence-corrected chi connectivity index (χ3v) is 4.66. The second kappa shape index (κ2) is 9.33. The summed E-state index contributed by atoms with van der Waals surface area (Å²) in [5, 5.41) is 2.61. The molecule has 0 saturated carbocycles. The van der Waals surface area contributed by atoms with E-state index in [1.54, 1.807) is 19.9 Å². The smallest absolute Gasteiger partial charge is 0.446 e. The van der Waals surface area contributed by atoms with E-state index >= 15 is 0 Å². The van der Waals surface area contributed by atoms with Crippen molar-refractivity contribution in [3.63, 3.8) is 0 Å². The first-order chi connectivity index (χ1) is 14.9. The minimum absolute atomic E-state index is 0.257. The number of hydrogen-bond donors (Lipinski definition) is 1. The molecule has 3 rings (SSSR count). The second-order valence-corrected chi connectivity index (χ2v) is 6.68. The summed E-state index contributed by atoms with van der Waals surface area (Å²) in [4.78, 5) is 54.9. The predicted octanol–water partition coefficient (Wildman–Crippen LogP) is 1.43. The zero-order valence-electron chi connectivity index (χ0n) is 17.5. The standard InChI is InChI=1S/C21H22N4O6/c1-4-30-15-10-11-22-18-17(15)19(27)25(21(29)24(18)3)12-16(26)23-14-8-6-13(7-9-14)20(28)31-5-2/h6-11,17H,4-5,12H2,1-3H3/p+1. The van der Waals surface area contributed by atoms with Crippen molar-refractivity contribution in [3.05, 3.63) is 41.7 Å². The van der Waals surface area contributed by atoms with Gasteiger partial charge in [0.15, 0.2) is 12.5 Å². The van der Waals surface area contributed by atoms with Gasteiger partial charge in [0.25, 0.3) is 11.7 Å². The Morgan fingerprint density at radius 1 is 1.16 bits per heavy atom. The van der Waals surface area contributed by atoms with Crippen LogP contribution in [-0.2, 0) is 19.1 Å². The van der Waals surface area contributed by atoms with Crippen molar-refractivity contribution < 1.29 is 33.2 Å². The number of amides is 4. The number of aliphatic imine (C=N–C) groups is 1. The predicted molar refractivity (Wildman–Crippen MR) is 111 cm³/mol. The molecule has 1 atom stereocenters. The van der Waals surface area contributed by atoms with Crippen molar-refractivity contribution in [3.8, 4) is 0 Å². The number of carbonyl (C=O) groups excluding carboxylic acids is 4. The number of nitrogens with one attached hydrogen (secondary N) is 1. The van der Waals surface area contributed by atoms with Gasteiger partial charge in [0.1, 0.15) is 12.0 Å². The molecule has 4 amide bonds. The average molecular weight is 427 g/mol. The molecule has 31 heavy (non-hydrogen) atoms. The van der Waals surface area contributed by atoms with Crippen LogP contribution in [0.25, 0.3) is 0 Å². The molecule has 0 bridgehead atoms. The van der Waals surface area contributed by atoms with Crippen LogP contribution >= 0.6 is 0 Å². The van der Waals surface area contributed by atoms with Gasteiger partial charge in [-0.3, -0.25) is 9.59 Å². The molecule has 1 unspecified atom stereocenters. The molecule has 2 heterocycles. The summed E-state index contributed by atoms with van der Waals surface area (Å²) in [6.07, 6.45) is 3.04. The fraction of sp³-hybridized carbons (Fsp3) is 0.333. The lowest BCUT2D eigenvalue weighted by Crippen LogP contribution is -2.56. The Labute approximate surface area is 178 Å². The Bertz CT molecular complexity index is 1010. The highest BCUT2D eigenvalue weighted by atomic mass is 16.5. The van der Waals surface area contributed by atoms with Gasteiger partial charge in [-0.05, 0) is 38.1 Å². The van der Waals surface area contributed by atoms with Crippen molar-refractivity contribution in [2.75, 3.05) is 32.1 Å². The number of carbonyl (C=O) groups is 4. The Hall–Kier alpha value is -3.82. The third-order valence-electron chi connectivity index (χ3n) is 4.66. The van der Waals surface area contributed by atoms with E-state index in [-0.39, 0.29) is 12.4 Å². The summed E-state index contributed by atoms with van der Waals surface area (Å²) in [6, 6.07) is 5.44. The Balaban J connectivity index is 1.73. The van der Waals surface area contributed by atoms with Crippen LogP contribution in [0.1, 0.15) is 24.2 Å². The summed E-state index contributed by atoms with van der Waals surface area (Å²) in [6.45, 7) is 3.62. The van der Waals surface area contributed by atoms with Crippen molar-refractivity contribution in [2.45, 2.75) is 13.8 Å². The molecule has 0 radical (unpaired) electrons. The number of amidine groups is 1. The van der Waals surface area contributed by atoms with Crippen LogP contribution in [-0.4, -0.2) is 72.1 Å². The molecule has 2 aliphatic heterocycles. The summed E-state index contributed by atoms with van der Waals surface area (Å²) in [5.41, 5.74) is 0.756. The van der Waals surface area contributed by atoms with Crippen molar-refractivity contribution in [1.29, 1.82) is 0 Å². The molecule has 10 heteroatoms. The van der Waals surface area contributed by atoms with Crippen LogP contribution in [0.4, 0.5) is 10.5 Å². The molecule has 0 spiro atoms. The number of dihydropyridines is 1. The number of nitrogens with zero attached hydrogens (tertiary/aromatic N) is 3. The molecular formula is C21H23N4O6+. The number of imide groups is 1. The number of fused-ring (bicyclic) bond motifs is 1. The van der Waals surface area contributed by atoms with Gasteiger partial charge in [-0.2, -0.15) is 9.48 Å². The maximum Gasteiger partial charge on any atom is 0.446 e. The van der Waals surface area contributed by atoms with E-state index in [4.69, 9.17) is 9.47 Å². The minimum Gasteiger partial charge on any atom is -0.497 e. The molecule has 162 valence electrons. The van der Waals surface area contributed by atoms with E-state index in [1.165, 1.54) is 42.1 Å². The van der Waals surface area contributed by atoms with Gasteiger partial charge < -0.3 is 14.8 Å². The summed E-state index contributed by atoms with van der Waals surface area (Å²) in [5.74, 6) is -1.87. The number of rotatable bonds is 7. The van der Waals surface area contributed by atoms with Gasteiger partial charge in [-0.25, -0.2) is 9.59 Å². The quantitative estimate of drug-likeness (QED) is 0.520. The summed E-state index contributed by atoms with van der Waals surface area (Å²) < 4.78 is 11.7. The maximum absolute atomic E-state index is 13.0. The maximum atomic E-state index is 13.0. The number of benzene rings is 1. The minimum atomic E-state index is -0.885. The van der Waals surface area contributed by atoms with Crippen LogP contribution in [0.3, 0.4) is 0 Å². The van der Waals surface area contributed by atoms with E-state index in [0.29, 0.717) is 23.6 Å². The lowest BCUT2D eigenvalue weighted by atomic mass is 9.99. The first kappa shape index (κ1) is 21.9. The topological polar surface area (TPSA) is 117 Å². The highest BCUT2D eigenvalue weighted by molar-refractivity contribution is 6.16. The molecule has 1 N–H and O–H groups in total. The number of hydrogen-bond acceptors (Lipinski definition) is 7. The highest BCUT2D eigenvalue weighted by Crippen LogP contribution is 2.25. The van der Waals surface area contributed by atoms with E-state index in [0.717, 1.165) is 4.90 Å². The number of allylic oxidation sites excluding steroid dienone is 1. The fourth-order valence-electron chi connectivity index (χ4n) is 3.22. The zero-order valence-corrected chi connectivity index (χ0v) is 17.5. The molecule has 0 fully saturated rings. The van der Waals surface area contributed by atoms with Gasteiger partial charge in [0.05, 0.1) is 25.8 Å². The Kier molecular flexibility index (Phi) is 6.58. The third kappa shape index (κ3) is 4.52. The zero-order chi connectivity index (χ0) is 22.5. The number of ether oxygens (including phenoxy) is 2. The van der Waals surface area contributed by atoms with Crippen LogP contribution in [0, 0.1) is 5.92 Å². The number of anilines is 1. The highest BCUT2D eigenvalue weighted by Gasteiger charge is 2.50. The monoisotopic (exact) mass is 427 g/mol. The largest absolute Gasteiger partial charge is 0.497 e. The van der Waals surface area contributed by atoms with Crippen LogP contribution in [0.15, 0.2) is 41.1 Å². The number of esters is 1. The lowest BCUT2D eigenvalue weighted by molar-refractivity contribution is -0.408. The normalized spacial score (nSPS) is 17.8. The van der Waals surface area contributed by atoms with E-state index in [1.807, 2.05) is 0 Å². The van der Waals surface area contributed by atoms with Crippen LogP contribution < -0.4 is 5.32 Å². The molecule has 0 aromatic heterocycles. The second-order valence-electron chi connectivity index (χ2n) is 6.68. The van der Waals surface area contributed by atoms with Crippen molar-refractivity contribution in [2.24, 2.45) is 10.9 Å². The molecule has 1 aromatic carbocycles. The SMILES string of the molecule is CCOC(=O)c1ccc(NC(=O)CN2C(=O)C3C(OCC)=CC=NC3=[N+](C)C2=O)cc1. The summed E-state index contributed by atoms with van der Waals surface area (Å²) >= 11 is 0. The fourth-order valence-corrected chi connectivity index (χ4v) is 3.22. The van der Waals surface area contributed by atoms with E-state index in [9.17, 15) is 19.2 Å². The van der Waals surface area contributed by atoms with Gasteiger partial charge in [0.2, 0.25) is 0 Å². The molecule has 0 aliphatic carbocycles. The molecule has 10 nitrogen and oxygen atoms in total. The van der Waals surface area contributed by atoms with Gasteiger partial charge in [-0.1, -0.05) is 0 Å². The van der Waals surface area contributed by atoms with Crippen LogP contribution in [0.2, 0.25) is 0 Å². The van der Waals surface area contributed by atoms with Gasteiger partial charge >= 0.3 is 17.9 Å². The van der Waals surface area contributed by atoms with Gasteiger partial charge in [-0.15, -0.1) is 4.99 Å². The Morgan fingerprint density at radius 2 is 1.87 bits per heavy atom. The van der Waals surface area contributed by atoms with Crippen LogP contribution in [0.5, 0.6) is 0 Å². The lowest BCUT2D eigenvalue weighted by Gasteiger charge is -2.28. The first-order valence-electron chi connectivity index (χ1n) is 9.77. The van der Waals surface area contributed by atoms with Gasteiger partial charge in [0, 0.05) is 11.8 Å². The number of urea groups is 1. The molecule has 1 aromatic rings. The average Bonchev–Trinajstić information content (AvgIpc) is 2.76.